The average Bonchev–Trinajstić information content (AvgIpc) is 2.82. The second-order valence-electron chi connectivity index (χ2n) is 3.17. The molecule has 0 saturated carbocycles. The molecule has 0 aliphatic carbocycles. The van der Waals surface area contributed by atoms with Gasteiger partial charge in [-0.25, -0.2) is 4.98 Å². The molecule has 16 heavy (non-hydrogen) atoms. The van der Waals surface area contributed by atoms with E-state index in [0.29, 0.717) is 5.88 Å². The van der Waals surface area contributed by atoms with E-state index in [0.717, 1.165) is 24.6 Å². The first-order valence-corrected chi connectivity index (χ1v) is 4.97. The highest BCUT2D eigenvalue weighted by Crippen LogP contribution is 2.10. The molecule has 0 fully saturated rings. The molecule has 2 heterocycles. The third-order valence-electron chi connectivity index (χ3n) is 2.07. The van der Waals surface area contributed by atoms with Crippen molar-refractivity contribution in [3.05, 3.63) is 30.4 Å². The smallest absolute Gasteiger partial charge is 0.214 e. The Balaban J connectivity index is 1.85. The lowest BCUT2D eigenvalue weighted by atomic mass is 10.4. The number of hydrogen-bond acceptors (Lipinski definition) is 5. The number of aromatic amines is 1. The molecular formula is C10H13N5O. The van der Waals surface area contributed by atoms with Gasteiger partial charge in [0, 0.05) is 19.0 Å². The third-order valence-corrected chi connectivity index (χ3v) is 2.07. The van der Waals surface area contributed by atoms with Gasteiger partial charge in [0.2, 0.25) is 5.88 Å². The summed E-state index contributed by atoms with van der Waals surface area (Å²) < 4.78 is 5.03. The van der Waals surface area contributed by atoms with Crippen molar-refractivity contribution >= 4 is 5.82 Å². The number of ether oxygens (including phenoxy) is 1. The minimum absolute atomic E-state index is 0.602. The summed E-state index contributed by atoms with van der Waals surface area (Å²) in [5.41, 5.74) is 0. The van der Waals surface area contributed by atoms with Crippen LogP contribution >= 0.6 is 0 Å². The van der Waals surface area contributed by atoms with Gasteiger partial charge in [-0.2, -0.15) is 10.1 Å². The van der Waals surface area contributed by atoms with E-state index >= 15 is 0 Å². The summed E-state index contributed by atoms with van der Waals surface area (Å²) in [6.45, 7) is 0.745. The van der Waals surface area contributed by atoms with Crippen molar-refractivity contribution in [3.63, 3.8) is 0 Å². The topological polar surface area (TPSA) is 75.7 Å². The van der Waals surface area contributed by atoms with Crippen molar-refractivity contribution in [1.82, 2.24) is 20.2 Å². The number of pyridine rings is 1. The van der Waals surface area contributed by atoms with Crippen molar-refractivity contribution in [2.75, 3.05) is 19.0 Å². The van der Waals surface area contributed by atoms with Crippen LogP contribution in [0.4, 0.5) is 5.82 Å². The Morgan fingerprint density at radius 1 is 1.44 bits per heavy atom. The van der Waals surface area contributed by atoms with Crippen molar-refractivity contribution in [2.45, 2.75) is 6.42 Å². The predicted octanol–water partition coefficient (Wildman–Crippen LogP) is 0.863. The molecule has 2 aromatic heterocycles. The van der Waals surface area contributed by atoms with Gasteiger partial charge in [0.1, 0.15) is 18.0 Å². The molecule has 0 spiro atoms. The first kappa shape index (κ1) is 10.4. The Labute approximate surface area is 93.1 Å². The Hall–Kier alpha value is -2.11. The second-order valence-corrected chi connectivity index (χ2v) is 3.17. The molecule has 84 valence electrons. The number of aromatic nitrogens is 4. The molecule has 2 aromatic rings. The first-order chi connectivity index (χ1) is 7.88. The number of methoxy groups -OCH3 is 1. The van der Waals surface area contributed by atoms with Gasteiger partial charge >= 0.3 is 0 Å². The van der Waals surface area contributed by atoms with Gasteiger partial charge in [-0.05, 0) is 6.07 Å². The molecule has 6 nitrogen and oxygen atoms in total. The van der Waals surface area contributed by atoms with Gasteiger partial charge in [0.05, 0.1) is 7.11 Å². The molecule has 0 saturated heterocycles. The van der Waals surface area contributed by atoms with E-state index in [-0.39, 0.29) is 0 Å². The van der Waals surface area contributed by atoms with E-state index in [9.17, 15) is 0 Å². The van der Waals surface area contributed by atoms with Crippen LogP contribution < -0.4 is 10.1 Å². The van der Waals surface area contributed by atoms with Gasteiger partial charge in [-0.1, -0.05) is 6.07 Å². The van der Waals surface area contributed by atoms with Gasteiger partial charge in [0.25, 0.3) is 0 Å². The van der Waals surface area contributed by atoms with Crippen LogP contribution in [-0.4, -0.2) is 33.8 Å². The Kier molecular flexibility index (Phi) is 3.32. The lowest BCUT2D eigenvalue weighted by Crippen LogP contribution is -2.07. The lowest BCUT2D eigenvalue weighted by molar-refractivity contribution is 0.398. The summed E-state index contributed by atoms with van der Waals surface area (Å²) in [7, 11) is 1.60. The Morgan fingerprint density at radius 2 is 2.38 bits per heavy atom. The summed E-state index contributed by atoms with van der Waals surface area (Å²) in [6.07, 6.45) is 2.28. The molecule has 0 bridgehead atoms. The van der Waals surface area contributed by atoms with Crippen LogP contribution in [0.5, 0.6) is 5.88 Å². The van der Waals surface area contributed by atoms with Gasteiger partial charge < -0.3 is 10.1 Å². The minimum atomic E-state index is 0.602. The standard InChI is InChI=1S/C10H13N5O/c1-16-10-4-2-3-8(14-10)11-6-5-9-12-7-13-15-9/h2-4,7H,5-6H2,1H3,(H,11,14)(H,12,13,15). The van der Waals surface area contributed by atoms with E-state index in [1.165, 1.54) is 6.33 Å². The van der Waals surface area contributed by atoms with Crippen molar-refractivity contribution in [3.8, 4) is 5.88 Å². The molecule has 0 unspecified atom stereocenters. The summed E-state index contributed by atoms with van der Waals surface area (Å²) >= 11 is 0. The molecule has 0 aromatic carbocycles. The Bertz CT molecular complexity index is 429. The average molecular weight is 219 g/mol. The highest BCUT2D eigenvalue weighted by molar-refractivity contribution is 5.36. The molecule has 0 aliphatic rings. The van der Waals surface area contributed by atoms with Crippen LogP contribution in [0.3, 0.4) is 0 Å². The third kappa shape index (κ3) is 2.69. The molecule has 0 amide bonds. The van der Waals surface area contributed by atoms with Crippen molar-refractivity contribution in [1.29, 1.82) is 0 Å². The van der Waals surface area contributed by atoms with E-state index in [1.54, 1.807) is 7.11 Å². The van der Waals surface area contributed by atoms with Crippen molar-refractivity contribution in [2.24, 2.45) is 0 Å². The zero-order chi connectivity index (χ0) is 11.2. The second kappa shape index (κ2) is 5.11. The van der Waals surface area contributed by atoms with Gasteiger partial charge in [-0.15, -0.1) is 0 Å². The molecule has 0 atom stereocenters. The van der Waals surface area contributed by atoms with Crippen LogP contribution in [0.1, 0.15) is 5.82 Å². The number of anilines is 1. The zero-order valence-electron chi connectivity index (χ0n) is 8.97. The molecule has 2 N–H and O–H groups in total. The maximum atomic E-state index is 5.03. The van der Waals surface area contributed by atoms with Crippen LogP contribution in [0.2, 0.25) is 0 Å². The van der Waals surface area contributed by atoms with E-state index < -0.39 is 0 Å². The van der Waals surface area contributed by atoms with Gasteiger partial charge in [-0.3, -0.25) is 5.10 Å². The molecule has 0 aliphatic heterocycles. The fourth-order valence-electron chi connectivity index (χ4n) is 1.29. The highest BCUT2D eigenvalue weighted by atomic mass is 16.5. The maximum absolute atomic E-state index is 5.03. The van der Waals surface area contributed by atoms with E-state index in [2.05, 4.69) is 25.5 Å². The number of nitrogens with zero attached hydrogens (tertiary/aromatic N) is 3. The molecular weight excluding hydrogens is 206 g/mol. The summed E-state index contributed by atoms with van der Waals surface area (Å²) in [5, 5.41) is 9.75. The SMILES string of the molecule is COc1cccc(NCCc2ncn[nH]2)n1. The molecule has 2 rings (SSSR count). The molecule has 6 heteroatoms. The number of hydrogen-bond donors (Lipinski definition) is 2. The number of H-pyrrole nitrogens is 1. The Morgan fingerprint density at radius 3 is 3.12 bits per heavy atom. The lowest BCUT2D eigenvalue weighted by Gasteiger charge is -2.05. The zero-order valence-corrected chi connectivity index (χ0v) is 8.97. The fourth-order valence-corrected chi connectivity index (χ4v) is 1.29. The monoisotopic (exact) mass is 219 g/mol. The largest absolute Gasteiger partial charge is 0.481 e. The van der Waals surface area contributed by atoms with Crippen molar-refractivity contribution < 1.29 is 4.74 Å². The van der Waals surface area contributed by atoms with Crippen LogP contribution in [0, 0.1) is 0 Å². The maximum Gasteiger partial charge on any atom is 0.214 e. The normalized spacial score (nSPS) is 10.1. The minimum Gasteiger partial charge on any atom is -0.481 e. The predicted molar refractivity (Wildman–Crippen MR) is 59.4 cm³/mol. The quantitative estimate of drug-likeness (QED) is 0.780. The van der Waals surface area contributed by atoms with E-state index in [1.807, 2.05) is 18.2 Å². The number of rotatable bonds is 5. The van der Waals surface area contributed by atoms with Crippen LogP contribution in [0.25, 0.3) is 0 Å². The summed E-state index contributed by atoms with van der Waals surface area (Å²) in [6, 6.07) is 5.59. The fraction of sp³-hybridized carbons (Fsp3) is 0.300. The molecule has 0 radical (unpaired) electrons. The van der Waals surface area contributed by atoms with Crippen LogP contribution in [0.15, 0.2) is 24.5 Å². The number of nitrogens with one attached hydrogen (secondary N) is 2. The summed E-state index contributed by atoms with van der Waals surface area (Å²) in [4.78, 5) is 8.26. The summed E-state index contributed by atoms with van der Waals surface area (Å²) in [5.74, 6) is 2.25. The van der Waals surface area contributed by atoms with Crippen LogP contribution in [-0.2, 0) is 6.42 Å². The van der Waals surface area contributed by atoms with E-state index in [4.69, 9.17) is 4.74 Å². The first-order valence-electron chi connectivity index (χ1n) is 4.97. The highest BCUT2D eigenvalue weighted by Gasteiger charge is 1.98. The van der Waals surface area contributed by atoms with Gasteiger partial charge in [0.15, 0.2) is 0 Å².